The predicted molar refractivity (Wildman–Crippen MR) is 84.0 cm³/mol. The highest BCUT2D eigenvalue weighted by Gasteiger charge is 2.17. The number of aromatic nitrogens is 3. The second-order valence-corrected chi connectivity index (χ2v) is 6.39. The predicted octanol–water partition coefficient (Wildman–Crippen LogP) is 3.24. The molecule has 7 heteroatoms. The zero-order valence-electron chi connectivity index (χ0n) is 12.1. The Balaban J connectivity index is 2.05. The lowest BCUT2D eigenvalue weighted by Gasteiger charge is -2.11. The number of nitrogens with zero attached hydrogens (tertiary/aromatic N) is 3. The Hall–Kier alpha value is -1.53. The van der Waals surface area contributed by atoms with Gasteiger partial charge in [-0.3, -0.25) is 4.79 Å². The number of thiazole rings is 1. The van der Waals surface area contributed by atoms with E-state index in [9.17, 15) is 4.79 Å². The summed E-state index contributed by atoms with van der Waals surface area (Å²) in [4.78, 5) is 24.8. The van der Waals surface area contributed by atoms with Gasteiger partial charge in [-0.15, -0.1) is 11.3 Å². The minimum absolute atomic E-state index is 0.142. The van der Waals surface area contributed by atoms with Crippen LogP contribution in [0.3, 0.4) is 0 Å². The lowest BCUT2D eigenvalue weighted by atomic mass is 10.2. The van der Waals surface area contributed by atoms with Gasteiger partial charge in [0.1, 0.15) is 11.5 Å². The summed E-state index contributed by atoms with van der Waals surface area (Å²) >= 11 is 7.59. The third-order valence-electron chi connectivity index (χ3n) is 2.94. The van der Waals surface area contributed by atoms with Crippen LogP contribution in [0.25, 0.3) is 0 Å². The Morgan fingerprint density at radius 3 is 2.76 bits per heavy atom. The number of hydrogen-bond donors (Lipinski definition) is 1. The Labute approximate surface area is 132 Å². The van der Waals surface area contributed by atoms with E-state index >= 15 is 0 Å². The first-order chi connectivity index (χ1) is 9.99. The molecule has 0 aromatic carbocycles. The Kier molecular flexibility index (Phi) is 5.25. The molecule has 0 aliphatic heterocycles. The molecule has 2 rings (SSSR count). The van der Waals surface area contributed by atoms with Crippen LogP contribution in [0.5, 0.6) is 0 Å². The van der Waals surface area contributed by atoms with Crippen LogP contribution in [0.15, 0.2) is 17.8 Å². The number of nitrogens with one attached hydrogen (secondary N) is 1. The molecule has 1 N–H and O–H groups in total. The fourth-order valence-electron chi connectivity index (χ4n) is 1.71. The molecule has 0 spiro atoms. The third kappa shape index (κ3) is 3.98. The van der Waals surface area contributed by atoms with Gasteiger partial charge in [0.05, 0.1) is 16.2 Å². The molecule has 0 bridgehead atoms. The summed E-state index contributed by atoms with van der Waals surface area (Å²) in [6, 6.07) is 0. The van der Waals surface area contributed by atoms with Crippen molar-refractivity contribution in [2.45, 2.75) is 32.6 Å². The first-order valence-electron chi connectivity index (χ1n) is 6.69. The molecule has 5 nitrogen and oxygen atoms in total. The van der Waals surface area contributed by atoms with E-state index in [1.54, 1.807) is 17.5 Å². The van der Waals surface area contributed by atoms with E-state index in [0.717, 1.165) is 5.01 Å². The number of carbonyl (C=O) groups is 1. The highest BCUT2D eigenvalue weighted by molar-refractivity contribution is 7.09. The topological polar surface area (TPSA) is 67.8 Å². The Bertz CT molecular complexity index is 615. The lowest BCUT2D eigenvalue weighted by molar-refractivity contribution is 0.0946. The van der Waals surface area contributed by atoms with Gasteiger partial charge in [-0.25, -0.2) is 15.0 Å². The van der Waals surface area contributed by atoms with E-state index in [1.807, 2.05) is 26.2 Å². The smallest absolute Gasteiger partial charge is 0.271 e. The van der Waals surface area contributed by atoms with Crippen molar-refractivity contribution in [1.29, 1.82) is 0 Å². The van der Waals surface area contributed by atoms with Crippen LogP contribution in [0, 0.1) is 0 Å². The molecular weight excluding hydrogens is 308 g/mol. The molecule has 21 heavy (non-hydrogen) atoms. The molecule has 112 valence electrons. The fraction of sp³-hybridized carbons (Fsp3) is 0.429. The zero-order valence-corrected chi connectivity index (χ0v) is 13.7. The molecule has 0 fully saturated rings. The summed E-state index contributed by atoms with van der Waals surface area (Å²) in [7, 11) is 0. The number of hydrogen-bond acceptors (Lipinski definition) is 5. The largest absolute Gasteiger partial charge is 0.350 e. The number of rotatable bonds is 5. The van der Waals surface area contributed by atoms with Crippen LogP contribution in [0.1, 0.15) is 53.9 Å². The van der Waals surface area contributed by atoms with Crippen molar-refractivity contribution >= 4 is 28.8 Å². The average Bonchev–Trinajstić information content (AvgIpc) is 2.98. The van der Waals surface area contributed by atoms with Crippen molar-refractivity contribution in [1.82, 2.24) is 20.3 Å². The van der Waals surface area contributed by atoms with Gasteiger partial charge in [-0.2, -0.15) is 0 Å². The quantitative estimate of drug-likeness (QED) is 0.916. The Morgan fingerprint density at radius 1 is 1.38 bits per heavy atom. The SMILES string of the molecule is CC(C)c1ncc(Cl)c(C(=O)NCC(C)c2nccs2)n1. The van der Waals surface area contributed by atoms with E-state index in [0.29, 0.717) is 12.4 Å². The molecule has 2 heterocycles. The van der Waals surface area contributed by atoms with Crippen molar-refractivity contribution < 1.29 is 4.79 Å². The van der Waals surface area contributed by atoms with Crippen molar-refractivity contribution in [3.8, 4) is 0 Å². The lowest BCUT2D eigenvalue weighted by Crippen LogP contribution is -2.29. The van der Waals surface area contributed by atoms with E-state index in [1.165, 1.54) is 6.20 Å². The van der Waals surface area contributed by atoms with Crippen molar-refractivity contribution in [3.63, 3.8) is 0 Å². The van der Waals surface area contributed by atoms with Gasteiger partial charge < -0.3 is 5.32 Å². The van der Waals surface area contributed by atoms with Gasteiger partial charge in [0, 0.05) is 30.0 Å². The second-order valence-electron chi connectivity index (χ2n) is 5.06. The van der Waals surface area contributed by atoms with Gasteiger partial charge in [-0.1, -0.05) is 32.4 Å². The molecule has 2 aromatic rings. The summed E-state index contributed by atoms with van der Waals surface area (Å²) in [5.74, 6) is 0.618. The van der Waals surface area contributed by atoms with E-state index in [4.69, 9.17) is 11.6 Å². The highest BCUT2D eigenvalue weighted by atomic mass is 35.5. The molecule has 0 saturated heterocycles. The van der Waals surface area contributed by atoms with Crippen molar-refractivity contribution in [2.75, 3.05) is 6.54 Å². The van der Waals surface area contributed by atoms with E-state index in [-0.39, 0.29) is 28.5 Å². The normalized spacial score (nSPS) is 12.4. The number of halogens is 1. The molecular formula is C14H17ClN4OS. The summed E-state index contributed by atoms with van der Waals surface area (Å²) in [5.41, 5.74) is 0.224. The van der Waals surface area contributed by atoms with Gasteiger partial charge in [-0.05, 0) is 0 Å². The van der Waals surface area contributed by atoms with Crippen LogP contribution >= 0.6 is 22.9 Å². The first-order valence-corrected chi connectivity index (χ1v) is 7.94. The average molecular weight is 325 g/mol. The molecule has 0 aliphatic carbocycles. The number of amides is 1. The van der Waals surface area contributed by atoms with Crippen LogP contribution in [0.4, 0.5) is 0 Å². The minimum Gasteiger partial charge on any atom is -0.350 e. The van der Waals surface area contributed by atoms with Gasteiger partial charge >= 0.3 is 0 Å². The first kappa shape index (κ1) is 15.9. The molecule has 1 atom stereocenters. The van der Waals surface area contributed by atoms with Gasteiger partial charge in [0.15, 0.2) is 0 Å². The Morgan fingerprint density at radius 2 is 2.14 bits per heavy atom. The van der Waals surface area contributed by atoms with E-state index in [2.05, 4.69) is 20.3 Å². The van der Waals surface area contributed by atoms with Crippen molar-refractivity contribution in [3.05, 3.63) is 39.3 Å². The molecule has 0 saturated carbocycles. The maximum absolute atomic E-state index is 12.2. The summed E-state index contributed by atoms with van der Waals surface area (Å²) in [6.45, 7) is 6.44. The molecule has 0 radical (unpaired) electrons. The molecule has 0 aliphatic rings. The maximum Gasteiger partial charge on any atom is 0.271 e. The third-order valence-corrected chi connectivity index (χ3v) is 4.22. The molecule has 1 amide bonds. The number of carbonyl (C=O) groups excluding carboxylic acids is 1. The standard InChI is InChI=1S/C14H17ClN4OS/c1-8(2)12-17-7-10(15)11(19-12)13(20)18-6-9(3)14-16-4-5-21-14/h4-5,7-9H,6H2,1-3H3,(H,18,20). The fourth-order valence-corrected chi connectivity index (χ4v) is 2.59. The summed E-state index contributed by atoms with van der Waals surface area (Å²) in [5, 5.41) is 6.02. The van der Waals surface area contributed by atoms with Gasteiger partial charge in [0.25, 0.3) is 5.91 Å². The highest BCUT2D eigenvalue weighted by Crippen LogP contribution is 2.18. The van der Waals surface area contributed by atoms with Crippen LogP contribution in [-0.2, 0) is 0 Å². The summed E-state index contributed by atoms with van der Waals surface area (Å²) < 4.78 is 0. The zero-order chi connectivity index (χ0) is 15.4. The summed E-state index contributed by atoms with van der Waals surface area (Å²) in [6.07, 6.45) is 3.23. The van der Waals surface area contributed by atoms with Crippen LogP contribution in [0.2, 0.25) is 5.02 Å². The maximum atomic E-state index is 12.2. The van der Waals surface area contributed by atoms with Crippen LogP contribution in [-0.4, -0.2) is 27.4 Å². The van der Waals surface area contributed by atoms with E-state index < -0.39 is 0 Å². The minimum atomic E-state index is -0.285. The van der Waals surface area contributed by atoms with Crippen LogP contribution < -0.4 is 5.32 Å². The van der Waals surface area contributed by atoms with Crippen molar-refractivity contribution in [2.24, 2.45) is 0 Å². The second kappa shape index (κ2) is 6.95. The molecule has 2 aromatic heterocycles. The van der Waals surface area contributed by atoms with Gasteiger partial charge in [0.2, 0.25) is 0 Å². The monoisotopic (exact) mass is 324 g/mol. The molecule has 1 unspecified atom stereocenters.